The van der Waals surface area contributed by atoms with Crippen LogP contribution in [0, 0.1) is 19.8 Å². The summed E-state index contributed by atoms with van der Waals surface area (Å²) in [4.78, 5) is 0. The summed E-state index contributed by atoms with van der Waals surface area (Å²) in [5.41, 5.74) is 6.85. The largest absolute Gasteiger partial charge is 0.271 e. The Morgan fingerprint density at radius 2 is 1.93 bits per heavy atom. The lowest BCUT2D eigenvalue weighted by molar-refractivity contribution is 0.436. The van der Waals surface area contributed by atoms with E-state index >= 15 is 0 Å². The summed E-state index contributed by atoms with van der Waals surface area (Å²) in [6, 6.07) is 6.80. The lowest BCUT2D eigenvalue weighted by atomic mass is 9.93. The maximum Gasteiger partial charge on any atom is 0.0465 e. The molecule has 1 aromatic rings. The molecule has 2 heteroatoms. The molecule has 1 rings (SSSR count). The molecule has 0 amide bonds. The molecular formula is C13H22N2. The smallest absolute Gasteiger partial charge is 0.0465 e. The van der Waals surface area contributed by atoms with Crippen molar-refractivity contribution >= 4 is 0 Å². The Kier molecular flexibility index (Phi) is 4.30. The molecule has 1 atom stereocenters. The summed E-state index contributed by atoms with van der Waals surface area (Å²) in [5, 5.41) is 0. The molecule has 0 saturated heterocycles. The van der Waals surface area contributed by atoms with Crippen molar-refractivity contribution in [3.05, 3.63) is 34.9 Å². The highest BCUT2D eigenvalue weighted by atomic mass is 15.2. The van der Waals surface area contributed by atoms with Gasteiger partial charge in [0.2, 0.25) is 0 Å². The first-order chi connectivity index (χ1) is 7.04. The second-order valence-electron chi connectivity index (χ2n) is 4.71. The molecule has 0 bridgehead atoms. The Morgan fingerprint density at radius 1 is 1.27 bits per heavy atom. The van der Waals surface area contributed by atoms with Crippen molar-refractivity contribution in [1.29, 1.82) is 0 Å². The number of nitrogens with two attached hydrogens (primary N) is 1. The van der Waals surface area contributed by atoms with E-state index < -0.39 is 0 Å². The van der Waals surface area contributed by atoms with Crippen LogP contribution in [0.2, 0.25) is 0 Å². The normalized spacial score (nSPS) is 13.2. The van der Waals surface area contributed by atoms with Gasteiger partial charge in [0.05, 0.1) is 0 Å². The first kappa shape index (κ1) is 12.2. The predicted molar refractivity (Wildman–Crippen MR) is 65.4 cm³/mol. The van der Waals surface area contributed by atoms with Crippen LogP contribution in [-0.4, -0.2) is 0 Å². The lowest BCUT2D eigenvalue weighted by Crippen LogP contribution is -2.29. The van der Waals surface area contributed by atoms with Crippen molar-refractivity contribution in [2.45, 2.75) is 40.2 Å². The average molecular weight is 206 g/mol. The van der Waals surface area contributed by atoms with Crippen molar-refractivity contribution in [3.63, 3.8) is 0 Å². The van der Waals surface area contributed by atoms with E-state index in [2.05, 4.69) is 51.3 Å². The molecule has 0 aromatic heterocycles. The van der Waals surface area contributed by atoms with Gasteiger partial charge in [0.25, 0.3) is 0 Å². The minimum Gasteiger partial charge on any atom is -0.271 e. The van der Waals surface area contributed by atoms with E-state index in [1.807, 2.05) is 0 Å². The monoisotopic (exact) mass is 206 g/mol. The zero-order valence-corrected chi connectivity index (χ0v) is 10.2. The third kappa shape index (κ3) is 3.33. The zero-order valence-electron chi connectivity index (χ0n) is 10.2. The maximum atomic E-state index is 5.61. The fourth-order valence-corrected chi connectivity index (χ4v) is 1.97. The van der Waals surface area contributed by atoms with Gasteiger partial charge in [0.15, 0.2) is 0 Å². The van der Waals surface area contributed by atoms with E-state index in [0.29, 0.717) is 5.92 Å². The van der Waals surface area contributed by atoms with E-state index in [1.54, 1.807) is 0 Å². The van der Waals surface area contributed by atoms with Gasteiger partial charge in [-0.15, -0.1) is 0 Å². The second-order valence-corrected chi connectivity index (χ2v) is 4.71. The van der Waals surface area contributed by atoms with Crippen molar-refractivity contribution in [3.8, 4) is 0 Å². The molecule has 0 aliphatic carbocycles. The van der Waals surface area contributed by atoms with Crippen molar-refractivity contribution < 1.29 is 0 Å². The van der Waals surface area contributed by atoms with Gasteiger partial charge in [-0.1, -0.05) is 37.6 Å². The first-order valence-corrected chi connectivity index (χ1v) is 5.58. The Balaban J connectivity index is 2.91. The van der Waals surface area contributed by atoms with Crippen LogP contribution in [0.15, 0.2) is 18.2 Å². The van der Waals surface area contributed by atoms with Gasteiger partial charge in [0.1, 0.15) is 0 Å². The molecule has 84 valence electrons. The van der Waals surface area contributed by atoms with Crippen LogP contribution >= 0.6 is 0 Å². The number of aryl methyl sites for hydroxylation is 2. The molecule has 0 aliphatic rings. The van der Waals surface area contributed by atoms with Gasteiger partial charge in [-0.25, -0.2) is 0 Å². The van der Waals surface area contributed by atoms with Crippen LogP contribution in [0.3, 0.4) is 0 Å². The van der Waals surface area contributed by atoms with Gasteiger partial charge in [-0.05, 0) is 37.3 Å². The molecule has 0 fully saturated rings. The third-order valence-electron chi connectivity index (χ3n) is 2.71. The highest BCUT2D eigenvalue weighted by Gasteiger charge is 2.13. The Labute approximate surface area is 92.8 Å². The topological polar surface area (TPSA) is 38.0 Å². The molecule has 0 heterocycles. The zero-order chi connectivity index (χ0) is 11.4. The standard InChI is InChI=1S/C13H22N2/c1-9(2)7-13(15-14)12-6-5-10(3)8-11(12)4/h5-6,8-9,13,15H,7,14H2,1-4H3. The van der Waals surface area contributed by atoms with Crippen molar-refractivity contribution in [1.82, 2.24) is 5.43 Å². The Hall–Kier alpha value is -0.860. The highest BCUT2D eigenvalue weighted by molar-refractivity contribution is 5.32. The fourth-order valence-electron chi connectivity index (χ4n) is 1.97. The fraction of sp³-hybridized carbons (Fsp3) is 0.538. The predicted octanol–water partition coefficient (Wildman–Crippen LogP) is 2.85. The Morgan fingerprint density at radius 3 is 2.40 bits per heavy atom. The summed E-state index contributed by atoms with van der Waals surface area (Å²) in [7, 11) is 0. The van der Waals surface area contributed by atoms with Crippen molar-refractivity contribution in [2.75, 3.05) is 0 Å². The van der Waals surface area contributed by atoms with Crippen LogP contribution in [0.5, 0.6) is 0 Å². The van der Waals surface area contributed by atoms with Crippen LogP contribution in [0.1, 0.15) is 43.0 Å². The van der Waals surface area contributed by atoms with E-state index in [9.17, 15) is 0 Å². The minimum atomic E-state index is 0.269. The number of benzene rings is 1. The molecule has 0 spiro atoms. The van der Waals surface area contributed by atoms with Gasteiger partial charge < -0.3 is 0 Å². The highest BCUT2D eigenvalue weighted by Crippen LogP contribution is 2.24. The van der Waals surface area contributed by atoms with Crippen LogP contribution < -0.4 is 11.3 Å². The average Bonchev–Trinajstić information content (AvgIpc) is 2.14. The first-order valence-electron chi connectivity index (χ1n) is 5.58. The summed E-state index contributed by atoms with van der Waals surface area (Å²) in [6.45, 7) is 8.69. The van der Waals surface area contributed by atoms with E-state index in [1.165, 1.54) is 16.7 Å². The summed E-state index contributed by atoms with van der Waals surface area (Å²) < 4.78 is 0. The van der Waals surface area contributed by atoms with Gasteiger partial charge >= 0.3 is 0 Å². The molecule has 0 aliphatic heterocycles. The molecule has 0 saturated carbocycles. The molecule has 3 N–H and O–H groups in total. The summed E-state index contributed by atoms with van der Waals surface area (Å²) in [5.74, 6) is 6.26. The molecular weight excluding hydrogens is 184 g/mol. The summed E-state index contributed by atoms with van der Waals surface area (Å²) >= 11 is 0. The van der Waals surface area contributed by atoms with E-state index in [4.69, 9.17) is 5.84 Å². The van der Waals surface area contributed by atoms with Gasteiger partial charge in [-0.2, -0.15) is 0 Å². The van der Waals surface area contributed by atoms with Crippen molar-refractivity contribution in [2.24, 2.45) is 11.8 Å². The number of nitrogens with one attached hydrogen (secondary N) is 1. The number of hydrogen-bond acceptors (Lipinski definition) is 2. The van der Waals surface area contributed by atoms with E-state index in [0.717, 1.165) is 6.42 Å². The van der Waals surface area contributed by atoms with Gasteiger partial charge in [0, 0.05) is 6.04 Å². The quantitative estimate of drug-likeness (QED) is 0.587. The molecule has 0 radical (unpaired) electrons. The van der Waals surface area contributed by atoms with Gasteiger partial charge in [-0.3, -0.25) is 11.3 Å². The van der Waals surface area contributed by atoms with Crippen LogP contribution in [0.25, 0.3) is 0 Å². The van der Waals surface area contributed by atoms with Crippen LogP contribution in [0.4, 0.5) is 0 Å². The summed E-state index contributed by atoms with van der Waals surface area (Å²) in [6.07, 6.45) is 1.07. The molecule has 2 nitrogen and oxygen atoms in total. The minimum absolute atomic E-state index is 0.269. The molecule has 1 aromatic carbocycles. The number of rotatable bonds is 4. The molecule has 15 heavy (non-hydrogen) atoms. The Bertz CT molecular complexity index is 318. The van der Waals surface area contributed by atoms with Crippen LogP contribution in [-0.2, 0) is 0 Å². The lowest BCUT2D eigenvalue weighted by Gasteiger charge is -2.20. The number of hydrazine groups is 1. The van der Waals surface area contributed by atoms with E-state index in [-0.39, 0.29) is 6.04 Å². The SMILES string of the molecule is Cc1ccc(C(CC(C)C)NN)c(C)c1. The maximum absolute atomic E-state index is 5.61. The number of hydrogen-bond donors (Lipinski definition) is 2. The third-order valence-corrected chi connectivity index (χ3v) is 2.71. The second kappa shape index (κ2) is 5.29. The molecule has 1 unspecified atom stereocenters.